The molecule has 6 heteroatoms. The fraction of sp³-hybridized carbons (Fsp3) is 0.636. The van der Waals surface area contributed by atoms with E-state index in [1.807, 2.05) is 6.26 Å². The lowest BCUT2D eigenvalue weighted by Crippen LogP contribution is -2.20. The van der Waals surface area contributed by atoms with Gasteiger partial charge in [-0.2, -0.15) is 4.98 Å². The molecule has 4 nitrogen and oxygen atoms in total. The number of rotatable bonds is 3. The van der Waals surface area contributed by atoms with Gasteiger partial charge in [-0.3, -0.25) is 0 Å². The Hall–Kier alpha value is -0.330. The van der Waals surface area contributed by atoms with Crippen LogP contribution in [0.3, 0.4) is 0 Å². The molecule has 1 atom stereocenters. The first kappa shape index (κ1) is 13.1. The van der Waals surface area contributed by atoms with Crippen molar-refractivity contribution >= 4 is 27.7 Å². The van der Waals surface area contributed by atoms with E-state index < -0.39 is 0 Å². The summed E-state index contributed by atoms with van der Waals surface area (Å²) in [7, 11) is 0. The molecule has 2 heterocycles. The molecule has 17 heavy (non-hydrogen) atoms. The fourth-order valence-electron chi connectivity index (χ4n) is 1.78. The molecule has 2 rings (SSSR count). The van der Waals surface area contributed by atoms with Gasteiger partial charge in [-0.25, -0.2) is 4.98 Å². The highest BCUT2D eigenvalue weighted by Gasteiger charge is 2.16. The van der Waals surface area contributed by atoms with E-state index in [1.165, 1.54) is 11.8 Å². The van der Waals surface area contributed by atoms with Crippen LogP contribution in [-0.2, 0) is 0 Å². The Labute approximate surface area is 114 Å². The van der Waals surface area contributed by atoms with Gasteiger partial charge >= 0.3 is 0 Å². The van der Waals surface area contributed by atoms with Gasteiger partial charge in [0.15, 0.2) is 5.16 Å². The van der Waals surface area contributed by atoms with E-state index in [0.29, 0.717) is 5.88 Å². The van der Waals surface area contributed by atoms with Crippen LogP contribution in [0, 0.1) is 0 Å². The minimum absolute atomic E-state index is 0.255. The maximum Gasteiger partial charge on any atom is 0.232 e. The molecule has 0 spiro atoms. The summed E-state index contributed by atoms with van der Waals surface area (Å²) in [6, 6.07) is 0. The van der Waals surface area contributed by atoms with Crippen molar-refractivity contribution in [2.45, 2.75) is 30.5 Å². The Morgan fingerprint density at radius 2 is 2.35 bits per heavy atom. The highest BCUT2D eigenvalue weighted by Crippen LogP contribution is 2.26. The van der Waals surface area contributed by atoms with Crippen molar-refractivity contribution < 1.29 is 4.74 Å². The van der Waals surface area contributed by atoms with Crippen molar-refractivity contribution in [3.8, 4) is 5.88 Å². The molecule has 0 bridgehead atoms. The number of hydrogen-bond donors (Lipinski definition) is 1. The van der Waals surface area contributed by atoms with E-state index in [4.69, 9.17) is 4.74 Å². The average Bonchev–Trinajstić information content (AvgIpc) is 2.60. The van der Waals surface area contributed by atoms with Crippen LogP contribution in [0.15, 0.2) is 15.8 Å². The van der Waals surface area contributed by atoms with Crippen molar-refractivity contribution in [3.05, 3.63) is 10.7 Å². The van der Waals surface area contributed by atoms with Crippen LogP contribution in [0.1, 0.15) is 19.3 Å². The molecule has 1 aliphatic heterocycles. The van der Waals surface area contributed by atoms with Crippen molar-refractivity contribution in [2.75, 3.05) is 19.3 Å². The van der Waals surface area contributed by atoms with Crippen molar-refractivity contribution in [2.24, 2.45) is 0 Å². The Kier molecular flexibility index (Phi) is 5.06. The van der Waals surface area contributed by atoms with E-state index >= 15 is 0 Å². The normalized spacial score (nSPS) is 20.9. The zero-order chi connectivity index (χ0) is 12.1. The summed E-state index contributed by atoms with van der Waals surface area (Å²) in [5, 5.41) is 4.12. The molecule has 1 fully saturated rings. The quantitative estimate of drug-likeness (QED) is 0.685. The third-order valence-corrected chi connectivity index (χ3v) is 3.78. The lowest BCUT2D eigenvalue weighted by atomic mass is 10.2. The first-order valence-corrected chi connectivity index (χ1v) is 7.75. The Bertz CT molecular complexity index is 370. The monoisotopic (exact) mass is 317 g/mol. The van der Waals surface area contributed by atoms with Gasteiger partial charge in [0.05, 0.1) is 4.47 Å². The Balaban J connectivity index is 2.05. The van der Waals surface area contributed by atoms with Gasteiger partial charge in [0.25, 0.3) is 0 Å². The first-order valence-electron chi connectivity index (χ1n) is 5.73. The highest BCUT2D eigenvalue weighted by molar-refractivity contribution is 9.10. The summed E-state index contributed by atoms with van der Waals surface area (Å²) in [6.07, 6.45) is 7.24. The van der Waals surface area contributed by atoms with Gasteiger partial charge < -0.3 is 10.1 Å². The van der Waals surface area contributed by atoms with Gasteiger partial charge in [0.1, 0.15) is 6.10 Å². The van der Waals surface area contributed by atoms with Crippen LogP contribution in [0.25, 0.3) is 0 Å². The summed E-state index contributed by atoms with van der Waals surface area (Å²) in [5.74, 6) is 0.663. The number of nitrogens with one attached hydrogen (secondary N) is 1. The molecule has 94 valence electrons. The molecule has 0 saturated carbocycles. The van der Waals surface area contributed by atoms with Crippen LogP contribution in [0.2, 0.25) is 0 Å². The second kappa shape index (κ2) is 6.56. The van der Waals surface area contributed by atoms with Gasteiger partial charge in [0, 0.05) is 6.20 Å². The molecule has 1 N–H and O–H groups in total. The summed E-state index contributed by atoms with van der Waals surface area (Å²) in [5.41, 5.74) is 0. The summed E-state index contributed by atoms with van der Waals surface area (Å²) in [6.45, 7) is 2.10. The van der Waals surface area contributed by atoms with E-state index in [9.17, 15) is 0 Å². The second-order valence-corrected chi connectivity index (χ2v) is 5.56. The second-order valence-electron chi connectivity index (χ2n) is 3.93. The maximum absolute atomic E-state index is 5.96. The number of thioether (sulfide) groups is 1. The van der Waals surface area contributed by atoms with Crippen molar-refractivity contribution in [1.82, 2.24) is 15.3 Å². The van der Waals surface area contributed by atoms with Gasteiger partial charge in [0.2, 0.25) is 5.88 Å². The van der Waals surface area contributed by atoms with Crippen LogP contribution >= 0.6 is 27.7 Å². The lowest BCUT2D eigenvalue weighted by Gasteiger charge is -2.16. The Morgan fingerprint density at radius 3 is 3.18 bits per heavy atom. The van der Waals surface area contributed by atoms with Gasteiger partial charge in [-0.1, -0.05) is 11.8 Å². The topological polar surface area (TPSA) is 47.0 Å². The largest absolute Gasteiger partial charge is 0.473 e. The summed E-state index contributed by atoms with van der Waals surface area (Å²) < 4.78 is 6.78. The zero-order valence-corrected chi connectivity index (χ0v) is 12.2. The Morgan fingerprint density at radius 1 is 1.47 bits per heavy atom. The fourth-order valence-corrected chi connectivity index (χ4v) is 2.40. The molecule has 0 radical (unpaired) electrons. The highest BCUT2D eigenvalue weighted by atomic mass is 79.9. The van der Waals surface area contributed by atoms with E-state index in [0.717, 1.165) is 42.0 Å². The predicted octanol–water partition coefficient (Wildman–Crippen LogP) is 2.48. The molecule has 1 aliphatic rings. The molecule has 1 aromatic heterocycles. The third-order valence-electron chi connectivity index (χ3n) is 2.67. The SMILES string of the molecule is CSc1ncc(Br)c(OC2CCCNCC2)n1. The van der Waals surface area contributed by atoms with E-state index in [1.54, 1.807) is 6.20 Å². The molecule has 1 saturated heterocycles. The number of nitrogens with zero attached hydrogens (tertiary/aromatic N) is 2. The number of hydrogen-bond acceptors (Lipinski definition) is 5. The molecule has 1 aromatic rings. The van der Waals surface area contributed by atoms with Gasteiger partial charge in [-0.05, 0) is 54.5 Å². The molecule has 0 amide bonds. The third kappa shape index (κ3) is 3.82. The molecular weight excluding hydrogens is 302 g/mol. The maximum atomic E-state index is 5.96. The molecular formula is C11H16BrN3OS. The molecule has 0 aliphatic carbocycles. The van der Waals surface area contributed by atoms with Crippen molar-refractivity contribution in [1.29, 1.82) is 0 Å². The molecule has 0 aromatic carbocycles. The van der Waals surface area contributed by atoms with Crippen LogP contribution in [0.5, 0.6) is 5.88 Å². The lowest BCUT2D eigenvalue weighted by molar-refractivity contribution is 0.176. The van der Waals surface area contributed by atoms with Crippen molar-refractivity contribution in [3.63, 3.8) is 0 Å². The summed E-state index contributed by atoms with van der Waals surface area (Å²) in [4.78, 5) is 8.56. The number of halogens is 1. The standard InChI is InChI=1S/C11H16BrN3OS/c1-17-11-14-7-9(12)10(15-11)16-8-3-2-5-13-6-4-8/h7-8,13H,2-6H2,1H3. The average molecular weight is 318 g/mol. The van der Waals surface area contributed by atoms with Crippen LogP contribution in [0.4, 0.5) is 0 Å². The van der Waals surface area contributed by atoms with Crippen LogP contribution in [-0.4, -0.2) is 35.4 Å². The summed E-state index contributed by atoms with van der Waals surface area (Å²) >= 11 is 4.95. The number of aromatic nitrogens is 2. The minimum atomic E-state index is 0.255. The van der Waals surface area contributed by atoms with E-state index in [-0.39, 0.29) is 6.10 Å². The molecule has 1 unspecified atom stereocenters. The van der Waals surface area contributed by atoms with Crippen LogP contribution < -0.4 is 10.1 Å². The van der Waals surface area contributed by atoms with Gasteiger partial charge in [-0.15, -0.1) is 0 Å². The number of ether oxygens (including phenoxy) is 1. The minimum Gasteiger partial charge on any atom is -0.473 e. The smallest absolute Gasteiger partial charge is 0.232 e. The predicted molar refractivity (Wildman–Crippen MR) is 72.6 cm³/mol. The van der Waals surface area contributed by atoms with E-state index in [2.05, 4.69) is 31.2 Å². The zero-order valence-electron chi connectivity index (χ0n) is 9.78. The first-order chi connectivity index (χ1) is 8.29.